The molecule has 8 nitrogen and oxygen atoms in total. The van der Waals surface area contributed by atoms with Crippen molar-refractivity contribution in [2.75, 3.05) is 14.1 Å². The zero-order valence-corrected chi connectivity index (χ0v) is 16.4. The first-order valence-electron chi connectivity index (χ1n) is 7.42. The Kier molecular flexibility index (Phi) is 3.62. The molecule has 25 heavy (non-hydrogen) atoms. The molecular formula is C15H14BrN7OS. The number of amides is 1. The van der Waals surface area contributed by atoms with Gasteiger partial charge in [0.1, 0.15) is 16.9 Å². The number of carbonyl (C=O) groups is 1. The van der Waals surface area contributed by atoms with Gasteiger partial charge >= 0.3 is 0 Å². The summed E-state index contributed by atoms with van der Waals surface area (Å²) in [6, 6.07) is 0. The summed E-state index contributed by atoms with van der Waals surface area (Å²) in [5.41, 5.74) is 2.34. The van der Waals surface area contributed by atoms with Gasteiger partial charge in [0.05, 0.1) is 20.9 Å². The minimum atomic E-state index is -0.0345. The van der Waals surface area contributed by atoms with Gasteiger partial charge in [-0.25, -0.2) is 14.5 Å². The summed E-state index contributed by atoms with van der Waals surface area (Å²) in [6.45, 7) is 1.92. The number of rotatable bonds is 2. The Morgan fingerprint density at radius 2 is 2.12 bits per heavy atom. The van der Waals surface area contributed by atoms with Crippen molar-refractivity contribution in [2.45, 2.75) is 6.92 Å². The molecule has 0 unspecified atom stereocenters. The normalized spacial score (nSPS) is 11.6. The van der Waals surface area contributed by atoms with Gasteiger partial charge in [-0.2, -0.15) is 5.10 Å². The lowest BCUT2D eigenvalue weighted by molar-refractivity contribution is 0.0831. The number of aryl methyl sites for hydroxylation is 2. The monoisotopic (exact) mass is 419 g/mol. The largest absolute Gasteiger partial charge is 0.344 e. The van der Waals surface area contributed by atoms with Crippen LogP contribution in [0.15, 0.2) is 17.0 Å². The second kappa shape index (κ2) is 5.60. The predicted molar refractivity (Wildman–Crippen MR) is 98.8 cm³/mol. The molecule has 0 radical (unpaired) electrons. The van der Waals surface area contributed by atoms with Gasteiger partial charge < -0.3 is 4.90 Å². The first kappa shape index (κ1) is 16.2. The molecule has 0 saturated heterocycles. The van der Waals surface area contributed by atoms with E-state index in [1.807, 2.05) is 14.0 Å². The zero-order chi connectivity index (χ0) is 17.9. The fourth-order valence-electron chi connectivity index (χ4n) is 2.70. The summed E-state index contributed by atoms with van der Waals surface area (Å²) in [5.74, 6) is 0.514. The standard InChI is InChI=1S/C15H14BrN7OS/c1-7-9-13-19-12(10-8(16)5-18-22(10)4)20-23(13)6-17-14(9)25-11(7)15(24)21(2)3/h5-6H,1-4H3. The van der Waals surface area contributed by atoms with Crippen molar-refractivity contribution < 1.29 is 4.79 Å². The van der Waals surface area contributed by atoms with Crippen LogP contribution in [0, 0.1) is 6.92 Å². The highest BCUT2D eigenvalue weighted by atomic mass is 79.9. The maximum absolute atomic E-state index is 12.4. The van der Waals surface area contributed by atoms with Crippen LogP contribution in [-0.4, -0.2) is 54.3 Å². The zero-order valence-electron chi connectivity index (χ0n) is 14.0. The molecule has 0 aliphatic heterocycles. The van der Waals surface area contributed by atoms with Crippen molar-refractivity contribution in [3.63, 3.8) is 0 Å². The first-order valence-corrected chi connectivity index (χ1v) is 9.03. The molecule has 4 aromatic heterocycles. The molecule has 0 N–H and O–H groups in total. The second-order valence-electron chi connectivity index (χ2n) is 5.85. The molecule has 0 aliphatic carbocycles. The van der Waals surface area contributed by atoms with E-state index in [-0.39, 0.29) is 5.91 Å². The van der Waals surface area contributed by atoms with Crippen molar-refractivity contribution in [3.05, 3.63) is 27.4 Å². The molecule has 128 valence electrons. The van der Waals surface area contributed by atoms with E-state index in [0.717, 1.165) is 25.9 Å². The van der Waals surface area contributed by atoms with E-state index in [2.05, 4.69) is 36.1 Å². The van der Waals surface area contributed by atoms with E-state index in [9.17, 15) is 4.79 Å². The van der Waals surface area contributed by atoms with Crippen LogP contribution in [0.2, 0.25) is 0 Å². The maximum atomic E-state index is 12.4. The Hall–Kier alpha value is -2.33. The van der Waals surface area contributed by atoms with Crippen molar-refractivity contribution >= 4 is 49.0 Å². The van der Waals surface area contributed by atoms with E-state index >= 15 is 0 Å². The number of aromatic nitrogens is 6. The third kappa shape index (κ3) is 2.35. The number of hydrogen-bond donors (Lipinski definition) is 0. The number of hydrogen-bond acceptors (Lipinski definition) is 6. The molecule has 0 aliphatic rings. The summed E-state index contributed by atoms with van der Waals surface area (Å²) in [5, 5.41) is 9.58. The first-order chi connectivity index (χ1) is 11.9. The molecule has 0 atom stereocenters. The molecule has 0 saturated carbocycles. The van der Waals surface area contributed by atoms with Crippen LogP contribution in [0.4, 0.5) is 0 Å². The lowest BCUT2D eigenvalue weighted by Crippen LogP contribution is -2.21. The molecule has 0 fully saturated rings. The van der Waals surface area contributed by atoms with Gasteiger partial charge in [0, 0.05) is 21.1 Å². The van der Waals surface area contributed by atoms with Crippen LogP contribution < -0.4 is 0 Å². The summed E-state index contributed by atoms with van der Waals surface area (Å²) in [7, 11) is 5.32. The molecule has 4 rings (SSSR count). The Morgan fingerprint density at radius 1 is 1.36 bits per heavy atom. The van der Waals surface area contributed by atoms with Gasteiger partial charge in [0.25, 0.3) is 5.91 Å². The Labute approximate surface area is 155 Å². The Morgan fingerprint density at radius 3 is 2.76 bits per heavy atom. The van der Waals surface area contributed by atoms with Crippen molar-refractivity contribution in [1.29, 1.82) is 0 Å². The third-order valence-electron chi connectivity index (χ3n) is 3.97. The average Bonchev–Trinajstić information content (AvgIpc) is 3.22. The van der Waals surface area contributed by atoms with Crippen LogP contribution in [0.3, 0.4) is 0 Å². The van der Waals surface area contributed by atoms with Crippen molar-refractivity contribution in [1.82, 2.24) is 34.3 Å². The van der Waals surface area contributed by atoms with Crippen molar-refractivity contribution in [2.24, 2.45) is 7.05 Å². The summed E-state index contributed by atoms with van der Waals surface area (Å²) < 4.78 is 4.17. The topological polar surface area (TPSA) is 81.2 Å². The van der Waals surface area contributed by atoms with Gasteiger partial charge in [-0.3, -0.25) is 9.48 Å². The molecule has 0 aromatic carbocycles. The molecule has 4 heterocycles. The van der Waals surface area contributed by atoms with Gasteiger partial charge in [-0.15, -0.1) is 16.4 Å². The van der Waals surface area contributed by atoms with Crippen LogP contribution in [0.5, 0.6) is 0 Å². The third-order valence-corrected chi connectivity index (χ3v) is 5.74. The Bertz CT molecular complexity index is 1120. The molecule has 10 heteroatoms. The Balaban J connectivity index is 2.00. The molecule has 4 aromatic rings. The molecule has 0 bridgehead atoms. The number of halogens is 1. The molecule has 0 spiro atoms. The van der Waals surface area contributed by atoms with Gasteiger partial charge in [0.15, 0.2) is 5.65 Å². The van der Waals surface area contributed by atoms with E-state index in [1.54, 1.807) is 40.7 Å². The molecular weight excluding hydrogens is 406 g/mol. The fraction of sp³-hybridized carbons (Fsp3) is 0.267. The van der Waals surface area contributed by atoms with Crippen LogP contribution in [0.1, 0.15) is 15.2 Å². The maximum Gasteiger partial charge on any atom is 0.263 e. The highest BCUT2D eigenvalue weighted by Crippen LogP contribution is 2.33. The van der Waals surface area contributed by atoms with E-state index in [4.69, 9.17) is 0 Å². The summed E-state index contributed by atoms with van der Waals surface area (Å²) >= 11 is 4.86. The molecule has 1 amide bonds. The predicted octanol–water partition coefficient (Wildman–Crippen LogP) is 2.51. The number of thiophene rings is 1. The SMILES string of the molecule is Cc1c(C(=O)N(C)C)sc2ncn3nc(-c4c(Br)cnn4C)nc3c12. The van der Waals surface area contributed by atoms with Gasteiger partial charge in [0.2, 0.25) is 5.82 Å². The van der Waals surface area contributed by atoms with Crippen LogP contribution in [-0.2, 0) is 7.05 Å². The number of fused-ring (bicyclic) bond motifs is 3. The van der Waals surface area contributed by atoms with E-state index in [0.29, 0.717) is 16.3 Å². The summed E-state index contributed by atoms with van der Waals surface area (Å²) in [6.07, 6.45) is 3.33. The van der Waals surface area contributed by atoms with Gasteiger partial charge in [-0.1, -0.05) is 0 Å². The lowest BCUT2D eigenvalue weighted by atomic mass is 10.2. The lowest BCUT2D eigenvalue weighted by Gasteiger charge is -2.08. The average molecular weight is 420 g/mol. The van der Waals surface area contributed by atoms with Crippen molar-refractivity contribution in [3.8, 4) is 11.5 Å². The number of carbonyl (C=O) groups excluding carboxylic acids is 1. The minimum absolute atomic E-state index is 0.0345. The van der Waals surface area contributed by atoms with Crippen LogP contribution in [0.25, 0.3) is 27.4 Å². The highest BCUT2D eigenvalue weighted by molar-refractivity contribution is 9.10. The fourth-order valence-corrected chi connectivity index (χ4v) is 4.39. The second-order valence-corrected chi connectivity index (χ2v) is 7.70. The van der Waals surface area contributed by atoms with E-state index < -0.39 is 0 Å². The quantitative estimate of drug-likeness (QED) is 0.498. The summed E-state index contributed by atoms with van der Waals surface area (Å²) in [4.78, 5) is 24.5. The van der Waals surface area contributed by atoms with E-state index in [1.165, 1.54) is 11.3 Å². The minimum Gasteiger partial charge on any atom is -0.344 e. The smallest absolute Gasteiger partial charge is 0.263 e. The van der Waals surface area contributed by atoms with Crippen LogP contribution >= 0.6 is 27.3 Å². The number of nitrogens with zero attached hydrogens (tertiary/aromatic N) is 7. The van der Waals surface area contributed by atoms with Gasteiger partial charge in [-0.05, 0) is 28.4 Å². The highest BCUT2D eigenvalue weighted by Gasteiger charge is 2.22.